The van der Waals surface area contributed by atoms with Gasteiger partial charge in [0.2, 0.25) is 5.91 Å². The minimum absolute atomic E-state index is 0.0364. The third-order valence-electron chi connectivity index (χ3n) is 8.26. The summed E-state index contributed by atoms with van der Waals surface area (Å²) in [5.74, 6) is 0.867. The Morgan fingerprint density at radius 1 is 1.22 bits per heavy atom. The van der Waals surface area contributed by atoms with Gasteiger partial charge in [0.25, 0.3) is 0 Å². The van der Waals surface area contributed by atoms with Gasteiger partial charge in [-0.3, -0.25) is 9.69 Å². The summed E-state index contributed by atoms with van der Waals surface area (Å²) in [6.45, 7) is 4.84. The molecule has 1 saturated carbocycles. The van der Waals surface area contributed by atoms with Crippen LogP contribution < -0.4 is 5.32 Å². The maximum Gasteiger partial charge on any atom is 0.229 e. The molecule has 0 radical (unpaired) electrons. The number of carbonyl (C=O) groups is 1. The van der Waals surface area contributed by atoms with E-state index >= 15 is 0 Å². The second-order valence-electron chi connectivity index (χ2n) is 10.6. The van der Waals surface area contributed by atoms with Gasteiger partial charge in [0.15, 0.2) is 0 Å². The fraction of sp³-hybridized carbons (Fsp3) is 0.538. The SMILES string of the molecule is Cn1ncc([C@@H]2C[C@@H]2C(=O)Nc2cc3cc(C4CCN(C5(C)COCC5O)CC4)c(Cl)cc3cn2)n1. The number of aliphatic hydroxyl groups is 1. The smallest absolute Gasteiger partial charge is 0.229 e. The number of halogens is 1. The molecular weight excluding hydrogens is 480 g/mol. The number of hydrogen-bond donors (Lipinski definition) is 2. The van der Waals surface area contributed by atoms with Gasteiger partial charge in [-0.2, -0.15) is 15.0 Å². The van der Waals surface area contributed by atoms with Crippen LogP contribution in [0, 0.1) is 5.92 Å². The van der Waals surface area contributed by atoms with Crippen molar-refractivity contribution >= 4 is 34.1 Å². The zero-order chi connectivity index (χ0) is 25.0. The molecule has 36 heavy (non-hydrogen) atoms. The number of ether oxygens (including phenoxy) is 1. The highest BCUT2D eigenvalue weighted by molar-refractivity contribution is 6.32. The maximum atomic E-state index is 12.8. The van der Waals surface area contributed by atoms with Crippen LogP contribution in [-0.4, -0.2) is 73.8 Å². The van der Waals surface area contributed by atoms with E-state index < -0.39 is 6.10 Å². The first-order valence-electron chi connectivity index (χ1n) is 12.6. The number of hydrogen-bond acceptors (Lipinski definition) is 7. The lowest BCUT2D eigenvalue weighted by Crippen LogP contribution is -2.56. The number of amides is 1. The van der Waals surface area contributed by atoms with E-state index in [9.17, 15) is 9.90 Å². The van der Waals surface area contributed by atoms with Crippen LogP contribution in [0.4, 0.5) is 5.82 Å². The third-order valence-corrected chi connectivity index (χ3v) is 8.59. The molecule has 2 N–H and O–H groups in total. The zero-order valence-corrected chi connectivity index (χ0v) is 21.3. The van der Waals surface area contributed by atoms with Crippen LogP contribution in [0.15, 0.2) is 30.6 Å². The van der Waals surface area contributed by atoms with Crippen LogP contribution in [-0.2, 0) is 16.6 Å². The van der Waals surface area contributed by atoms with Crippen LogP contribution in [0.3, 0.4) is 0 Å². The van der Waals surface area contributed by atoms with Crippen molar-refractivity contribution < 1.29 is 14.6 Å². The maximum absolute atomic E-state index is 12.8. The minimum Gasteiger partial charge on any atom is -0.389 e. The molecule has 4 heterocycles. The topological polar surface area (TPSA) is 105 Å². The summed E-state index contributed by atoms with van der Waals surface area (Å²) in [5.41, 5.74) is 1.67. The standard InChI is InChI=1S/C26H31ClN6O3/c1-26(14-36-13-23(26)34)33-5-3-15(4-6-33)18-7-16-9-24(28-11-17(16)8-21(18)27)30-25(35)20-10-19(20)22-12-29-32(2)31-22/h7-9,11-12,15,19-20,23,34H,3-6,10,13-14H2,1-2H3,(H,28,30,35)/t19-,20+,23?,26?/m1/s1. The van der Waals surface area contributed by atoms with Crippen molar-refractivity contribution in [3.8, 4) is 0 Å². The average Bonchev–Trinajstić information content (AvgIpc) is 3.44. The van der Waals surface area contributed by atoms with Crippen molar-refractivity contribution in [2.45, 2.75) is 49.7 Å². The van der Waals surface area contributed by atoms with Crippen LogP contribution in [0.2, 0.25) is 5.02 Å². The molecule has 3 aromatic rings. The lowest BCUT2D eigenvalue weighted by Gasteiger charge is -2.43. The Morgan fingerprint density at radius 2 is 2.03 bits per heavy atom. The number of aromatic nitrogens is 4. The van der Waals surface area contributed by atoms with Gasteiger partial charge < -0.3 is 15.2 Å². The Balaban J connectivity index is 1.15. The van der Waals surface area contributed by atoms with Crippen LogP contribution >= 0.6 is 11.6 Å². The molecule has 1 aromatic carbocycles. The molecule has 1 amide bonds. The molecule has 190 valence electrons. The number of benzene rings is 1. The van der Waals surface area contributed by atoms with Gasteiger partial charge in [-0.25, -0.2) is 4.98 Å². The number of aliphatic hydroxyl groups excluding tert-OH is 1. The molecule has 10 heteroatoms. The van der Waals surface area contributed by atoms with E-state index in [4.69, 9.17) is 16.3 Å². The summed E-state index contributed by atoms with van der Waals surface area (Å²) in [6.07, 6.45) is 5.75. The highest BCUT2D eigenvalue weighted by Gasteiger charge is 2.46. The molecule has 2 unspecified atom stereocenters. The molecule has 2 aliphatic heterocycles. The summed E-state index contributed by atoms with van der Waals surface area (Å²) in [5, 5.41) is 24.5. The van der Waals surface area contributed by atoms with Gasteiger partial charge in [0.1, 0.15) is 5.82 Å². The quantitative estimate of drug-likeness (QED) is 0.543. The van der Waals surface area contributed by atoms with Crippen molar-refractivity contribution in [3.63, 3.8) is 0 Å². The monoisotopic (exact) mass is 510 g/mol. The number of aryl methyl sites for hydroxylation is 1. The minimum atomic E-state index is -0.453. The Hall–Kier alpha value is -2.59. The molecule has 9 nitrogen and oxygen atoms in total. The van der Waals surface area contributed by atoms with Gasteiger partial charge in [0.05, 0.1) is 36.7 Å². The van der Waals surface area contributed by atoms with Crippen molar-refractivity contribution in [2.24, 2.45) is 13.0 Å². The van der Waals surface area contributed by atoms with E-state index in [1.807, 2.05) is 12.1 Å². The predicted molar refractivity (Wildman–Crippen MR) is 136 cm³/mol. The molecule has 2 aromatic heterocycles. The number of piperidine rings is 1. The number of pyridine rings is 1. The second-order valence-corrected chi connectivity index (χ2v) is 11.0. The second kappa shape index (κ2) is 9.06. The van der Waals surface area contributed by atoms with Gasteiger partial charge in [-0.05, 0) is 74.3 Å². The molecule has 3 fully saturated rings. The first-order chi connectivity index (χ1) is 17.3. The molecule has 4 atom stereocenters. The zero-order valence-electron chi connectivity index (χ0n) is 20.5. The summed E-state index contributed by atoms with van der Waals surface area (Å²) in [7, 11) is 1.78. The third kappa shape index (κ3) is 4.28. The van der Waals surface area contributed by atoms with E-state index in [-0.39, 0.29) is 23.3 Å². The highest BCUT2D eigenvalue weighted by Crippen LogP contribution is 2.47. The van der Waals surface area contributed by atoms with Crippen LogP contribution in [0.5, 0.6) is 0 Å². The number of carbonyl (C=O) groups excluding carboxylic acids is 1. The van der Waals surface area contributed by atoms with Gasteiger partial charge >= 0.3 is 0 Å². The number of nitrogens with one attached hydrogen (secondary N) is 1. The molecule has 2 saturated heterocycles. The summed E-state index contributed by atoms with van der Waals surface area (Å²) in [4.78, 5) is 21.1. The Bertz CT molecular complexity index is 1310. The Labute approximate surface area is 214 Å². The summed E-state index contributed by atoms with van der Waals surface area (Å²) < 4.78 is 5.54. The molecule has 1 aliphatic carbocycles. The molecule has 6 rings (SSSR count). The largest absolute Gasteiger partial charge is 0.389 e. The lowest BCUT2D eigenvalue weighted by molar-refractivity contribution is -0.117. The average molecular weight is 511 g/mol. The number of anilines is 1. The van der Waals surface area contributed by atoms with E-state index in [1.54, 1.807) is 19.4 Å². The fourth-order valence-electron chi connectivity index (χ4n) is 5.78. The van der Waals surface area contributed by atoms with E-state index in [1.165, 1.54) is 4.80 Å². The van der Waals surface area contributed by atoms with Crippen molar-refractivity contribution in [3.05, 3.63) is 46.9 Å². The summed E-state index contributed by atoms with van der Waals surface area (Å²) in [6, 6.07) is 6.04. The predicted octanol–water partition coefficient (Wildman–Crippen LogP) is 3.09. The number of nitrogens with zero attached hydrogens (tertiary/aromatic N) is 5. The van der Waals surface area contributed by atoms with Gasteiger partial charge in [-0.15, -0.1) is 0 Å². The van der Waals surface area contributed by atoms with Crippen molar-refractivity contribution in [2.75, 3.05) is 31.6 Å². The lowest BCUT2D eigenvalue weighted by atomic mass is 9.85. The summed E-state index contributed by atoms with van der Waals surface area (Å²) >= 11 is 6.72. The molecular formula is C26H31ClN6O3. The highest BCUT2D eigenvalue weighted by atomic mass is 35.5. The first-order valence-corrected chi connectivity index (χ1v) is 13.0. The molecule has 0 bridgehead atoms. The van der Waals surface area contributed by atoms with Crippen molar-refractivity contribution in [1.29, 1.82) is 0 Å². The van der Waals surface area contributed by atoms with Crippen molar-refractivity contribution in [1.82, 2.24) is 24.9 Å². The van der Waals surface area contributed by atoms with E-state index in [2.05, 4.69) is 38.4 Å². The Morgan fingerprint density at radius 3 is 2.72 bits per heavy atom. The van der Waals surface area contributed by atoms with Gasteiger partial charge in [-0.1, -0.05) is 11.6 Å². The number of likely N-dealkylation sites (tertiary alicyclic amines) is 1. The van der Waals surface area contributed by atoms with Crippen LogP contribution in [0.25, 0.3) is 10.8 Å². The van der Waals surface area contributed by atoms with E-state index in [0.717, 1.165) is 59.4 Å². The fourth-order valence-corrected chi connectivity index (χ4v) is 6.11. The number of fused-ring (bicyclic) bond motifs is 1. The van der Waals surface area contributed by atoms with Gasteiger partial charge in [0, 0.05) is 35.5 Å². The molecule has 3 aliphatic rings. The normalized spacial score (nSPS) is 29.1. The number of rotatable bonds is 5. The van der Waals surface area contributed by atoms with Crippen LogP contribution in [0.1, 0.15) is 49.3 Å². The molecule has 0 spiro atoms. The Kier molecular flexibility index (Phi) is 5.99. The van der Waals surface area contributed by atoms with E-state index in [0.29, 0.717) is 24.9 Å². The first kappa shape index (κ1) is 23.8.